The summed E-state index contributed by atoms with van der Waals surface area (Å²) >= 11 is 0. The fraction of sp³-hybridized carbons (Fsp3) is 0.316. The highest BCUT2D eigenvalue weighted by Gasteiger charge is 2.22. The number of carbonyl (C=O) groups is 2. The van der Waals surface area contributed by atoms with E-state index in [2.05, 4.69) is 10.3 Å². The van der Waals surface area contributed by atoms with Gasteiger partial charge < -0.3 is 5.32 Å². The summed E-state index contributed by atoms with van der Waals surface area (Å²) in [5, 5.41) is 11.3. The van der Waals surface area contributed by atoms with Crippen molar-refractivity contribution in [3.05, 3.63) is 48.2 Å². The lowest BCUT2D eigenvalue weighted by Gasteiger charge is -2.20. The molecule has 0 spiro atoms. The molecule has 1 amide bonds. The minimum Gasteiger partial charge on any atom is -0.337 e. The van der Waals surface area contributed by atoms with Crippen LogP contribution in [0.15, 0.2) is 36.8 Å². The molecule has 1 fully saturated rings. The van der Waals surface area contributed by atoms with Crippen molar-refractivity contribution in [1.82, 2.24) is 15.0 Å². The van der Waals surface area contributed by atoms with Crippen LogP contribution in [0.3, 0.4) is 0 Å². The lowest BCUT2D eigenvalue weighted by Crippen LogP contribution is -2.22. The average molecular weight is 372 g/mol. The number of rotatable bonds is 5. The molecule has 0 saturated heterocycles. The fourth-order valence-corrected chi connectivity index (χ4v) is 3.15. The van der Waals surface area contributed by atoms with Gasteiger partial charge in [-0.15, -0.1) is 0 Å². The van der Waals surface area contributed by atoms with Crippen LogP contribution >= 0.6 is 0 Å². The van der Waals surface area contributed by atoms with Crippen molar-refractivity contribution in [1.29, 1.82) is 0 Å². The molecule has 0 aromatic carbocycles. The molecule has 3 rings (SSSR count). The van der Waals surface area contributed by atoms with Crippen LogP contribution in [0.5, 0.6) is 0 Å². The molecular weight excluding hydrogens is 351 g/mol. The van der Waals surface area contributed by atoms with Gasteiger partial charge in [0.25, 0.3) is 5.91 Å². The minimum absolute atomic E-state index is 0.0154. The first kappa shape index (κ1) is 18.8. The summed E-state index contributed by atoms with van der Waals surface area (Å²) in [6.07, 6.45) is 12.3. The molecule has 27 heavy (non-hydrogen) atoms. The monoisotopic (exact) mass is 372 g/mol. The highest BCUT2D eigenvalue weighted by atomic mass is 19.1. The Bertz CT molecular complexity index is 856. The Hall–Kier alpha value is -3.00. The Morgan fingerprint density at radius 1 is 1.30 bits per heavy atom. The number of halogens is 1. The van der Waals surface area contributed by atoms with E-state index < -0.39 is 11.7 Å². The van der Waals surface area contributed by atoms with Gasteiger partial charge in [0.2, 0.25) is 5.91 Å². The molecule has 1 saturated carbocycles. The summed E-state index contributed by atoms with van der Waals surface area (Å²) in [7, 11) is 0. The van der Waals surface area contributed by atoms with E-state index in [9.17, 15) is 14.0 Å². The van der Waals surface area contributed by atoms with Crippen molar-refractivity contribution in [3.63, 3.8) is 0 Å². The van der Waals surface area contributed by atoms with Gasteiger partial charge in [0.1, 0.15) is 0 Å². The average Bonchev–Trinajstić information content (AvgIpc) is 3.16. The zero-order valence-corrected chi connectivity index (χ0v) is 14.7. The molecule has 1 aliphatic carbocycles. The highest BCUT2D eigenvalue weighted by Crippen LogP contribution is 2.26. The van der Waals surface area contributed by atoms with E-state index >= 15 is 0 Å². The number of aromatic nitrogens is 2. The smallest absolute Gasteiger partial charge is 0.267 e. The maximum absolute atomic E-state index is 14.2. The Morgan fingerprint density at radius 3 is 2.78 bits per heavy atom. The van der Waals surface area contributed by atoms with E-state index in [1.54, 1.807) is 23.0 Å². The molecule has 0 aliphatic heterocycles. The van der Waals surface area contributed by atoms with Crippen LogP contribution in [0.25, 0.3) is 6.08 Å². The second-order valence-corrected chi connectivity index (χ2v) is 6.51. The summed E-state index contributed by atoms with van der Waals surface area (Å²) in [6, 6.07) is 2.90. The SMILES string of the molecule is O=C(C=Cc1cnc(Nc2ccn(C(=O)C3CCCCC3)c2)c(F)c1)NO. The van der Waals surface area contributed by atoms with Gasteiger partial charge in [0.15, 0.2) is 11.6 Å². The van der Waals surface area contributed by atoms with E-state index in [1.807, 2.05) is 0 Å². The number of hydrogen-bond acceptors (Lipinski definition) is 5. The molecule has 0 unspecified atom stereocenters. The molecule has 0 atom stereocenters. The van der Waals surface area contributed by atoms with Gasteiger partial charge in [-0.25, -0.2) is 14.9 Å². The van der Waals surface area contributed by atoms with Crippen LogP contribution < -0.4 is 10.8 Å². The molecule has 0 bridgehead atoms. The number of amides is 1. The molecule has 3 N–H and O–H groups in total. The third kappa shape index (κ3) is 4.79. The standard InChI is InChI=1S/C19H21FN4O3/c20-16-10-13(6-7-17(25)23-27)11-21-18(16)22-15-8-9-24(12-15)19(26)14-4-2-1-3-5-14/h6-12,14,27H,1-5H2,(H,21,22)(H,23,25). The molecule has 142 valence electrons. The Kier molecular flexibility index (Phi) is 5.97. The normalized spacial score (nSPS) is 15.0. The summed E-state index contributed by atoms with van der Waals surface area (Å²) in [5.74, 6) is -1.19. The van der Waals surface area contributed by atoms with E-state index in [0.29, 0.717) is 11.3 Å². The van der Waals surface area contributed by atoms with E-state index in [1.165, 1.54) is 30.2 Å². The largest absolute Gasteiger partial charge is 0.337 e. The van der Waals surface area contributed by atoms with Crippen LogP contribution in [0, 0.1) is 11.7 Å². The third-order valence-electron chi connectivity index (χ3n) is 4.56. The van der Waals surface area contributed by atoms with Crippen LogP contribution in [-0.4, -0.2) is 26.6 Å². The Labute approximate surface area is 155 Å². The van der Waals surface area contributed by atoms with Crippen molar-refractivity contribution < 1.29 is 19.2 Å². The van der Waals surface area contributed by atoms with Crippen molar-refractivity contribution in [3.8, 4) is 0 Å². The molecule has 1 aliphatic rings. The van der Waals surface area contributed by atoms with Gasteiger partial charge in [0.05, 0.1) is 5.69 Å². The summed E-state index contributed by atoms with van der Waals surface area (Å²) in [4.78, 5) is 27.5. The number of nitrogens with one attached hydrogen (secondary N) is 2. The third-order valence-corrected chi connectivity index (χ3v) is 4.56. The maximum Gasteiger partial charge on any atom is 0.267 e. The number of anilines is 2. The zero-order valence-electron chi connectivity index (χ0n) is 14.7. The Balaban J connectivity index is 1.67. The molecule has 0 radical (unpaired) electrons. The van der Waals surface area contributed by atoms with E-state index in [0.717, 1.165) is 31.8 Å². The number of carbonyl (C=O) groups excluding carboxylic acids is 2. The summed E-state index contributed by atoms with van der Waals surface area (Å²) < 4.78 is 15.8. The van der Waals surface area contributed by atoms with Crippen LogP contribution in [-0.2, 0) is 4.79 Å². The van der Waals surface area contributed by atoms with Crippen molar-refractivity contribution in [2.45, 2.75) is 32.1 Å². The number of hydrogen-bond donors (Lipinski definition) is 3. The van der Waals surface area contributed by atoms with Crippen LogP contribution in [0.1, 0.15) is 42.5 Å². The quantitative estimate of drug-likeness (QED) is 0.424. The van der Waals surface area contributed by atoms with Gasteiger partial charge in [-0.1, -0.05) is 19.3 Å². The molecule has 7 nitrogen and oxygen atoms in total. The van der Waals surface area contributed by atoms with Gasteiger partial charge in [-0.3, -0.25) is 19.4 Å². The van der Waals surface area contributed by atoms with Gasteiger partial charge >= 0.3 is 0 Å². The minimum atomic E-state index is -0.721. The zero-order chi connectivity index (χ0) is 19.2. The molecular formula is C19H21FN4O3. The van der Waals surface area contributed by atoms with E-state index in [4.69, 9.17) is 5.21 Å². The number of pyridine rings is 1. The van der Waals surface area contributed by atoms with Crippen molar-refractivity contribution >= 4 is 29.4 Å². The lowest BCUT2D eigenvalue weighted by molar-refractivity contribution is -0.124. The van der Waals surface area contributed by atoms with Crippen LogP contribution in [0.2, 0.25) is 0 Å². The summed E-state index contributed by atoms with van der Waals surface area (Å²) in [5.41, 5.74) is 2.38. The summed E-state index contributed by atoms with van der Waals surface area (Å²) in [6.45, 7) is 0. The second-order valence-electron chi connectivity index (χ2n) is 6.51. The van der Waals surface area contributed by atoms with Gasteiger partial charge in [-0.05, 0) is 36.6 Å². The van der Waals surface area contributed by atoms with E-state index in [-0.39, 0.29) is 17.6 Å². The highest BCUT2D eigenvalue weighted by molar-refractivity contribution is 5.90. The lowest BCUT2D eigenvalue weighted by atomic mass is 9.88. The first-order chi connectivity index (χ1) is 13.1. The molecule has 2 heterocycles. The number of nitrogens with zero attached hydrogens (tertiary/aromatic N) is 2. The first-order valence-electron chi connectivity index (χ1n) is 8.84. The van der Waals surface area contributed by atoms with Gasteiger partial charge in [0, 0.05) is 30.6 Å². The maximum atomic E-state index is 14.2. The fourth-order valence-electron chi connectivity index (χ4n) is 3.15. The second kappa shape index (κ2) is 8.59. The number of hydroxylamine groups is 1. The van der Waals surface area contributed by atoms with Crippen molar-refractivity contribution in [2.24, 2.45) is 5.92 Å². The molecule has 8 heteroatoms. The predicted molar refractivity (Wildman–Crippen MR) is 98.1 cm³/mol. The predicted octanol–water partition coefficient (Wildman–Crippen LogP) is 3.50. The van der Waals surface area contributed by atoms with Gasteiger partial charge in [-0.2, -0.15) is 0 Å². The Morgan fingerprint density at radius 2 is 2.07 bits per heavy atom. The van der Waals surface area contributed by atoms with Crippen molar-refractivity contribution in [2.75, 3.05) is 5.32 Å². The first-order valence-corrected chi connectivity index (χ1v) is 8.84. The van der Waals surface area contributed by atoms with Crippen LogP contribution in [0.4, 0.5) is 15.9 Å². The molecule has 2 aromatic rings. The molecule has 2 aromatic heterocycles. The topological polar surface area (TPSA) is 96.2 Å².